The van der Waals surface area contributed by atoms with Gasteiger partial charge in [0.2, 0.25) is 11.8 Å². The Hall–Kier alpha value is -2.74. The average molecular weight is 781 g/mol. The number of hydrogen-bond donors (Lipinski definition) is 0. The first-order chi connectivity index (χ1) is 26.5. The van der Waals surface area contributed by atoms with Crippen molar-refractivity contribution in [2.45, 2.75) is 176 Å². The van der Waals surface area contributed by atoms with Crippen LogP contribution < -0.4 is 4.90 Å². The van der Waals surface area contributed by atoms with Crippen molar-refractivity contribution in [2.24, 2.45) is 29.1 Å². The number of allylic oxidation sites excluding steroid dienone is 3. The summed E-state index contributed by atoms with van der Waals surface area (Å²) in [4.78, 5) is 55.1. The lowest BCUT2D eigenvalue weighted by Gasteiger charge is -2.43. The summed E-state index contributed by atoms with van der Waals surface area (Å²) in [5.41, 5.74) is 3.56. The molecule has 1 aromatic heterocycles. The summed E-state index contributed by atoms with van der Waals surface area (Å²) >= 11 is 1.51. The standard InChI is InChI=1S/C37H54N2O4S.C7H14.C2H6.CH2O/c1-25-9-13-28(14-10-25)34(40)38-22-21-37(24-38)19-17-30(18-20-37)39(35(41)29-15-11-26(2)12-16-29)31-23-32(27-7-5-4-6-8-27)44-33(31)36(42)43-3;1-4-5-6-7(2)3;2*1-2/h7,23,25-26,28-30H,4-6,8-22,24H2,1-3H3;2,4-6H2,1,3H3;1-2H3;1H2. The molecule has 7 nitrogen and oxygen atoms in total. The van der Waals surface area contributed by atoms with Gasteiger partial charge in [-0.3, -0.25) is 9.59 Å². The average Bonchev–Trinajstić information content (AvgIpc) is 3.85. The molecule has 310 valence electrons. The van der Waals surface area contributed by atoms with E-state index in [1.54, 1.807) is 0 Å². The second-order valence-corrected chi connectivity index (χ2v) is 18.3. The Kier molecular flexibility index (Phi) is 19.9. The van der Waals surface area contributed by atoms with Crippen LogP contribution in [0.15, 0.2) is 24.3 Å². The summed E-state index contributed by atoms with van der Waals surface area (Å²) in [7, 11) is 1.45. The number of amides is 2. The monoisotopic (exact) mass is 781 g/mol. The fourth-order valence-electron chi connectivity index (χ4n) is 9.47. The third-order valence-corrected chi connectivity index (χ3v) is 14.2. The maximum absolute atomic E-state index is 14.5. The minimum atomic E-state index is -0.336. The van der Waals surface area contributed by atoms with Gasteiger partial charge in [-0.2, -0.15) is 0 Å². The summed E-state index contributed by atoms with van der Waals surface area (Å²) in [6, 6.07) is 2.21. The van der Waals surface area contributed by atoms with E-state index in [9.17, 15) is 14.4 Å². The van der Waals surface area contributed by atoms with Gasteiger partial charge in [0.15, 0.2) is 0 Å². The molecular weight excluding hydrogens is 705 g/mol. The number of unbranched alkanes of at least 4 members (excludes halogenated alkanes) is 1. The fourth-order valence-corrected chi connectivity index (χ4v) is 10.6. The maximum Gasteiger partial charge on any atom is 0.350 e. The summed E-state index contributed by atoms with van der Waals surface area (Å²) < 4.78 is 5.30. The topological polar surface area (TPSA) is 84.0 Å². The molecule has 5 aliphatic rings. The number of esters is 1. The SMILES string of the molecule is C=C(C)CCCC.C=O.CC.COC(=O)c1sc(C2=CCCCC2)cc1N(C(=O)C1CCC(C)CC1)C1CCC2(CC1)CCN(C(=O)C1CCC(C)CC1)C2. The van der Waals surface area contributed by atoms with Crippen molar-refractivity contribution in [2.75, 3.05) is 25.1 Å². The van der Waals surface area contributed by atoms with E-state index < -0.39 is 0 Å². The van der Waals surface area contributed by atoms with Crippen LogP contribution >= 0.6 is 11.3 Å². The third-order valence-electron chi connectivity index (χ3n) is 13.0. The number of thiophene rings is 1. The minimum Gasteiger partial charge on any atom is -0.465 e. The Labute approximate surface area is 339 Å². The van der Waals surface area contributed by atoms with Gasteiger partial charge in [0.05, 0.1) is 12.8 Å². The summed E-state index contributed by atoms with van der Waals surface area (Å²) in [6.07, 6.45) is 24.1. The van der Waals surface area contributed by atoms with Gasteiger partial charge >= 0.3 is 5.97 Å². The van der Waals surface area contributed by atoms with Crippen LogP contribution in [-0.4, -0.2) is 55.7 Å². The third kappa shape index (κ3) is 12.9. The zero-order valence-corrected chi connectivity index (χ0v) is 36.7. The molecule has 2 heterocycles. The van der Waals surface area contributed by atoms with Gasteiger partial charge in [-0.1, -0.05) is 52.7 Å². The van der Waals surface area contributed by atoms with Crippen molar-refractivity contribution in [1.82, 2.24) is 4.90 Å². The lowest BCUT2D eigenvalue weighted by Crippen LogP contribution is -2.48. The lowest BCUT2D eigenvalue weighted by atomic mass is 9.71. The van der Waals surface area contributed by atoms with Crippen molar-refractivity contribution in [1.29, 1.82) is 0 Å². The number of nitrogens with zero attached hydrogens (tertiary/aromatic N) is 2. The molecule has 1 spiro atoms. The highest BCUT2D eigenvalue weighted by Gasteiger charge is 2.46. The van der Waals surface area contributed by atoms with Crippen LogP contribution in [0.1, 0.15) is 185 Å². The van der Waals surface area contributed by atoms with E-state index in [1.165, 1.54) is 74.5 Å². The molecule has 0 atom stereocenters. The van der Waals surface area contributed by atoms with E-state index in [0.717, 1.165) is 113 Å². The van der Waals surface area contributed by atoms with Gasteiger partial charge in [0, 0.05) is 35.8 Å². The normalized spacial score (nSPS) is 27.5. The molecule has 0 unspecified atom stereocenters. The maximum atomic E-state index is 14.5. The Morgan fingerprint density at radius 3 is 2.02 bits per heavy atom. The minimum absolute atomic E-state index is 0.0163. The van der Waals surface area contributed by atoms with Crippen molar-refractivity contribution in [3.8, 4) is 0 Å². The molecule has 1 aliphatic heterocycles. The first-order valence-corrected chi connectivity index (χ1v) is 22.8. The number of ether oxygens (including phenoxy) is 1. The van der Waals surface area contributed by atoms with Gasteiger partial charge in [-0.05, 0) is 158 Å². The van der Waals surface area contributed by atoms with Gasteiger partial charge in [0.1, 0.15) is 11.7 Å². The molecule has 2 amide bonds. The van der Waals surface area contributed by atoms with Crippen LogP contribution in [0.2, 0.25) is 0 Å². The van der Waals surface area contributed by atoms with E-state index in [0.29, 0.717) is 16.7 Å². The zero-order chi connectivity index (χ0) is 40.5. The molecule has 4 aliphatic carbocycles. The number of likely N-dealkylation sites (tertiary alicyclic amines) is 1. The largest absolute Gasteiger partial charge is 0.465 e. The number of carbonyl (C=O) groups excluding carboxylic acids is 4. The van der Waals surface area contributed by atoms with E-state index >= 15 is 0 Å². The van der Waals surface area contributed by atoms with Gasteiger partial charge in [-0.15, -0.1) is 17.9 Å². The molecule has 3 saturated carbocycles. The van der Waals surface area contributed by atoms with Crippen LogP contribution in [0.4, 0.5) is 5.69 Å². The summed E-state index contributed by atoms with van der Waals surface area (Å²) in [5.74, 6) is 1.92. The first kappa shape index (κ1) is 46.6. The Morgan fingerprint density at radius 2 is 1.51 bits per heavy atom. The van der Waals surface area contributed by atoms with Gasteiger partial charge in [-0.25, -0.2) is 4.79 Å². The molecule has 1 saturated heterocycles. The fraction of sp³-hybridized carbons (Fsp3) is 0.745. The molecule has 4 fully saturated rings. The first-order valence-electron chi connectivity index (χ1n) is 22.0. The Morgan fingerprint density at radius 1 is 0.909 bits per heavy atom. The highest BCUT2D eigenvalue weighted by atomic mass is 32.1. The number of carbonyl (C=O) groups is 4. The van der Waals surface area contributed by atoms with Crippen molar-refractivity contribution < 1.29 is 23.9 Å². The van der Waals surface area contributed by atoms with Crippen LogP contribution in [-0.2, 0) is 19.1 Å². The molecule has 0 N–H and O–H groups in total. The molecule has 55 heavy (non-hydrogen) atoms. The van der Waals surface area contributed by atoms with E-state index in [4.69, 9.17) is 9.53 Å². The molecule has 0 aromatic carbocycles. The van der Waals surface area contributed by atoms with E-state index in [2.05, 4.69) is 56.2 Å². The number of anilines is 1. The predicted molar refractivity (Wildman–Crippen MR) is 231 cm³/mol. The molecule has 0 bridgehead atoms. The zero-order valence-electron chi connectivity index (χ0n) is 35.9. The molecule has 8 heteroatoms. The predicted octanol–water partition coefficient (Wildman–Crippen LogP) is 12.2. The molecule has 1 aromatic rings. The smallest absolute Gasteiger partial charge is 0.350 e. The van der Waals surface area contributed by atoms with Crippen LogP contribution in [0, 0.1) is 29.1 Å². The highest BCUT2D eigenvalue weighted by Crippen LogP contribution is 2.48. The van der Waals surface area contributed by atoms with E-state index in [1.807, 2.05) is 20.6 Å². The van der Waals surface area contributed by atoms with Crippen LogP contribution in [0.25, 0.3) is 5.57 Å². The van der Waals surface area contributed by atoms with Crippen molar-refractivity contribution in [3.05, 3.63) is 34.0 Å². The Bertz CT molecular complexity index is 1390. The van der Waals surface area contributed by atoms with Crippen LogP contribution in [0.5, 0.6) is 0 Å². The van der Waals surface area contributed by atoms with E-state index in [-0.39, 0.29) is 35.2 Å². The molecule has 0 radical (unpaired) electrons. The highest BCUT2D eigenvalue weighted by molar-refractivity contribution is 7.15. The molecular formula is C47H76N2O5S. The second kappa shape index (κ2) is 23.5. The summed E-state index contributed by atoms with van der Waals surface area (Å²) in [5, 5.41) is 0. The van der Waals surface area contributed by atoms with Gasteiger partial charge in [0.25, 0.3) is 0 Å². The van der Waals surface area contributed by atoms with Crippen molar-refractivity contribution >= 4 is 47.2 Å². The number of hydrogen-bond acceptors (Lipinski definition) is 6. The van der Waals surface area contributed by atoms with Crippen molar-refractivity contribution in [3.63, 3.8) is 0 Å². The second-order valence-electron chi connectivity index (χ2n) is 17.2. The number of methoxy groups -OCH3 is 1. The quantitative estimate of drug-likeness (QED) is 0.184. The molecule has 6 rings (SSSR count). The Balaban J connectivity index is 0.000000658. The lowest BCUT2D eigenvalue weighted by molar-refractivity contribution is -0.136. The van der Waals surface area contributed by atoms with Crippen LogP contribution in [0.3, 0.4) is 0 Å². The van der Waals surface area contributed by atoms with Gasteiger partial charge < -0.3 is 19.3 Å². The number of rotatable bonds is 9. The summed E-state index contributed by atoms with van der Waals surface area (Å²) in [6.45, 7) is 20.4.